The van der Waals surface area contributed by atoms with Crippen molar-refractivity contribution >= 4 is 26.9 Å². The monoisotopic (exact) mass is 358 g/mol. The van der Waals surface area contributed by atoms with E-state index >= 15 is 0 Å². The summed E-state index contributed by atoms with van der Waals surface area (Å²) in [6.07, 6.45) is -3.29. The first-order valence-electron chi connectivity index (χ1n) is 5.38. The van der Waals surface area contributed by atoms with E-state index in [0.717, 1.165) is 0 Å². The number of nitrogens with one attached hydrogen (secondary N) is 1. The zero-order valence-corrected chi connectivity index (χ0v) is 13.0. The maximum atomic E-state index is 13.0. The highest BCUT2D eigenvalue weighted by molar-refractivity contribution is 9.10. The van der Waals surface area contributed by atoms with Crippen molar-refractivity contribution in [3.63, 3.8) is 0 Å². The Balaban J connectivity index is 3.04. The zero-order chi connectivity index (χ0) is 14.8. The largest absolute Gasteiger partial charge is 0.410 e. The molecule has 108 valence electrons. The standard InChI is InChI=1S/C11H14BrF3N2OS/c1-10(2,3)19(18)17-9(11(13,14)15)8-5-4-7(12)6-16-8/h4-6,9,17H,1-3H3/t9?,19-/m1/s1. The molecule has 0 fully saturated rings. The average Bonchev–Trinajstić information content (AvgIpc) is 2.24. The molecule has 8 heteroatoms. The van der Waals surface area contributed by atoms with Gasteiger partial charge >= 0.3 is 6.18 Å². The normalized spacial score (nSPS) is 16.2. The van der Waals surface area contributed by atoms with Gasteiger partial charge in [-0.3, -0.25) is 4.98 Å². The lowest BCUT2D eigenvalue weighted by atomic mass is 10.2. The van der Waals surface area contributed by atoms with Gasteiger partial charge in [-0.1, -0.05) is 0 Å². The van der Waals surface area contributed by atoms with E-state index < -0.39 is 28.0 Å². The molecule has 0 radical (unpaired) electrons. The van der Waals surface area contributed by atoms with Crippen molar-refractivity contribution in [2.45, 2.75) is 37.7 Å². The van der Waals surface area contributed by atoms with E-state index in [9.17, 15) is 17.4 Å². The molecule has 0 aliphatic carbocycles. The van der Waals surface area contributed by atoms with Gasteiger partial charge in [-0.2, -0.15) is 13.2 Å². The zero-order valence-electron chi connectivity index (χ0n) is 10.6. The summed E-state index contributed by atoms with van der Waals surface area (Å²) >= 11 is 3.10. The van der Waals surface area contributed by atoms with Crippen molar-refractivity contribution in [3.05, 3.63) is 28.5 Å². The summed E-state index contributed by atoms with van der Waals surface area (Å²) in [5.74, 6) is 0. The SMILES string of the molecule is CC(C)(C)[S@@](=O)NC(c1ccc(Br)cn1)C(F)(F)F. The van der Waals surface area contributed by atoms with Crippen LogP contribution in [0.3, 0.4) is 0 Å². The fourth-order valence-electron chi connectivity index (χ4n) is 1.14. The van der Waals surface area contributed by atoms with E-state index in [1.54, 1.807) is 20.8 Å². The number of pyridine rings is 1. The van der Waals surface area contributed by atoms with Crippen LogP contribution >= 0.6 is 15.9 Å². The number of nitrogens with zero attached hydrogens (tertiary/aromatic N) is 1. The third kappa shape index (κ3) is 4.85. The van der Waals surface area contributed by atoms with Crippen LogP contribution in [0.1, 0.15) is 32.5 Å². The number of halogens is 4. The second-order valence-corrected chi connectivity index (χ2v) is 7.79. The van der Waals surface area contributed by atoms with E-state index in [-0.39, 0.29) is 5.69 Å². The Morgan fingerprint density at radius 1 is 1.32 bits per heavy atom. The molecule has 0 saturated heterocycles. The van der Waals surface area contributed by atoms with Crippen LogP contribution in [0.4, 0.5) is 13.2 Å². The van der Waals surface area contributed by atoms with Crippen LogP contribution in [-0.2, 0) is 11.0 Å². The highest BCUT2D eigenvalue weighted by Crippen LogP contribution is 2.33. The summed E-state index contributed by atoms with van der Waals surface area (Å²) in [7, 11) is -1.84. The van der Waals surface area contributed by atoms with Crippen LogP contribution in [0, 0.1) is 0 Å². The van der Waals surface area contributed by atoms with Gasteiger partial charge in [0.25, 0.3) is 0 Å². The molecule has 19 heavy (non-hydrogen) atoms. The molecule has 1 rings (SSSR count). The van der Waals surface area contributed by atoms with Crippen LogP contribution in [0.15, 0.2) is 22.8 Å². The van der Waals surface area contributed by atoms with Crippen molar-refractivity contribution in [2.24, 2.45) is 0 Å². The fraction of sp³-hybridized carbons (Fsp3) is 0.545. The summed E-state index contributed by atoms with van der Waals surface area (Å²) < 4.78 is 52.7. The van der Waals surface area contributed by atoms with Crippen molar-refractivity contribution in [2.75, 3.05) is 0 Å². The molecule has 0 bridgehead atoms. The van der Waals surface area contributed by atoms with Gasteiger partial charge in [0, 0.05) is 10.7 Å². The minimum absolute atomic E-state index is 0.215. The molecule has 1 unspecified atom stereocenters. The van der Waals surface area contributed by atoms with Gasteiger partial charge in [0.05, 0.1) is 21.4 Å². The van der Waals surface area contributed by atoms with Gasteiger partial charge in [0.15, 0.2) is 6.04 Å². The summed E-state index contributed by atoms with van der Waals surface area (Å²) in [6, 6.07) is 0.651. The molecule has 0 amide bonds. The lowest BCUT2D eigenvalue weighted by molar-refractivity contribution is -0.153. The van der Waals surface area contributed by atoms with Crippen molar-refractivity contribution < 1.29 is 17.4 Å². The quantitative estimate of drug-likeness (QED) is 0.898. The van der Waals surface area contributed by atoms with Gasteiger partial charge in [0.2, 0.25) is 0 Å². The highest BCUT2D eigenvalue weighted by Gasteiger charge is 2.43. The number of hydrogen-bond donors (Lipinski definition) is 1. The van der Waals surface area contributed by atoms with Crippen LogP contribution in [0.25, 0.3) is 0 Å². The van der Waals surface area contributed by atoms with E-state index in [0.29, 0.717) is 4.47 Å². The molecule has 1 heterocycles. The van der Waals surface area contributed by atoms with Crippen LogP contribution in [-0.4, -0.2) is 20.1 Å². The number of hydrogen-bond acceptors (Lipinski definition) is 2. The molecule has 0 spiro atoms. The molecule has 1 N–H and O–H groups in total. The van der Waals surface area contributed by atoms with Crippen molar-refractivity contribution in [1.29, 1.82) is 0 Å². The first-order chi connectivity index (χ1) is 8.51. The number of alkyl halides is 3. The lowest BCUT2D eigenvalue weighted by Gasteiger charge is -2.25. The minimum Gasteiger partial charge on any atom is -0.258 e. The number of rotatable bonds is 3. The van der Waals surface area contributed by atoms with E-state index in [2.05, 4.69) is 25.6 Å². The van der Waals surface area contributed by atoms with Gasteiger partial charge in [0.1, 0.15) is 0 Å². The Hall–Kier alpha value is -0.470. The topological polar surface area (TPSA) is 42.0 Å². The molecule has 0 saturated carbocycles. The summed E-state index contributed by atoms with van der Waals surface area (Å²) in [6.45, 7) is 4.79. The van der Waals surface area contributed by atoms with Gasteiger partial charge < -0.3 is 0 Å². The molecule has 0 aliphatic rings. The predicted octanol–water partition coefficient (Wildman–Crippen LogP) is 3.50. The lowest BCUT2D eigenvalue weighted by Crippen LogP contribution is -2.41. The Morgan fingerprint density at radius 2 is 1.89 bits per heavy atom. The summed E-state index contributed by atoms with van der Waals surface area (Å²) in [5, 5.41) is 0. The van der Waals surface area contributed by atoms with Crippen molar-refractivity contribution in [1.82, 2.24) is 9.71 Å². The Bertz CT molecular complexity index is 456. The van der Waals surface area contributed by atoms with Gasteiger partial charge in [-0.25, -0.2) is 8.93 Å². The smallest absolute Gasteiger partial charge is 0.258 e. The summed E-state index contributed by atoms with van der Waals surface area (Å²) in [4.78, 5) is 3.72. The molecular weight excluding hydrogens is 345 g/mol. The van der Waals surface area contributed by atoms with Crippen LogP contribution in [0.5, 0.6) is 0 Å². The Kier molecular flexibility index (Phi) is 5.14. The van der Waals surface area contributed by atoms with Crippen LogP contribution < -0.4 is 4.72 Å². The third-order valence-electron chi connectivity index (χ3n) is 2.15. The average molecular weight is 359 g/mol. The second-order valence-electron chi connectivity index (χ2n) is 4.87. The highest BCUT2D eigenvalue weighted by atomic mass is 79.9. The van der Waals surface area contributed by atoms with Gasteiger partial charge in [-0.15, -0.1) is 0 Å². The van der Waals surface area contributed by atoms with Gasteiger partial charge in [-0.05, 0) is 48.8 Å². The Morgan fingerprint density at radius 3 is 2.26 bits per heavy atom. The van der Waals surface area contributed by atoms with E-state index in [1.807, 2.05) is 0 Å². The van der Waals surface area contributed by atoms with E-state index in [4.69, 9.17) is 0 Å². The molecule has 0 aromatic carbocycles. The first kappa shape index (κ1) is 16.6. The first-order valence-corrected chi connectivity index (χ1v) is 7.32. The van der Waals surface area contributed by atoms with Crippen molar-refractivity contribution in [3.8, 4) is 0 Å². The Labute approximate surface area is 120 Å². The molecule has 3 nitrogen and oxygen atoms in total. The predicted molar refractivity (Wildman–Crippen MR) is 71.8 cm³/mol. The van der Waals surface area contributed by atoms with Crippen LogP contribution in [0.2, 0.25) is 0 Å². The molecule has 1 aromatic heterocycles. The second kappa shape index (κ2) is 5.88. The number of aromatic nitrogens is 1. The molecule has 0 aliphatic heterocycles. The minimum atomic E-state index is -4.57. The summed E-state index contributed by atoms with van der Waals surface area (Å²) in [5.41, 5.74) is -0.215. The molecule has 2 atom stereocenters. The third-order valence-corrected chi connectivity index (χ3v) is 4.19. The fourth-order valence-corrected chi connectivity index (χ4v) is 2.19. The van der Waals surface area contributed by atoms with E-state index in [1.165, 1.54) is 18.3 Å². The molecule has 1 aromatic rings. The molecular formula is C11H14BrF3N2OS. The maximum absolute atomic E-state index is 13.0. The maximum Gasteiger partial charge on any atom is 0.410 e.